The molecule has 1 fully saturated rings. The number of carbonyl (C=O) groups is 1. The van der Waals surface area contributed by atoms with Crippen LogP contribution in [0.15, 0.2) is 54.9 Å². The van der Waals surface area contributed by atoms with Gasteiger partial charge in [-0.05, 0) is 48.6 Å². The van der Waals surface area contributed by atoms with Gasteiger partial charge in [0, 0.05) is 11.4 Å². The van der Waals surface area contributed by atoms with Crippen LogP contribution in [0.25, 0.3) is 16.9 Å². The summed E-state index contributed by atoms with van der Waals surface area (Å²) in [5.41, 5.74) is 2.06. The van der Waals surface area contributed by atoms with Crippen molar-refractivity contribution in [1.29, 1.82) is 0 Å². The normalized spacial score (nSPS) is 14.0. The van der Waals surface area contributed by atoms with E-state index in [1.54, 1.807) is 18.2 Å². The van der Waals surface area contributed by atoms with Crippen LogP contribution in [0.5, 0.6) is 0 Å². The fraction of sp³-hybridized carbons (Fsp3) is 0.182. The van der Waals surface area contributed by atoms with Gasteiger partial charge in [-0.25, -0.2) is 19.7 Å². The zero-order chi connectivity index (χ0) is 22.5. The molecule has 10 heteroatoms. The number of hydrogen-bond donors (Lipinski definition) is 2. The van der Waals surface area contributed by atoms with E-state index < -0.39 is 18.0 Å². The van der Waals surface area contributed by atoms with Crippen molar-refractivity contribution in [2.24, 2.45) is 0 Å². The number of rotatable bonds is 5. The second kappa shape index (κ2) is 7.33. The molecule has 1 saturated carbocycles. The van der Waals surface area contributed by atoms with Crippen LogP contribution in [0.2, 0.25) is 0 Å². The molecule has 1 aliphatic rings. The summed E-state index contributed by atoms with van der Waals surface area (Å²) in [6.07, 6.45) is -1.42. The van der Waals surface area contributed by atoms with Crippen LogP contribution < -0.4 is 5.32 Å². The molecule has 1 aliphatic carbocycles. The first kappa shape index (κ1) is 20.0. The minimum absolute atomic E-state index is 0.00818. The largest absolute Gasteiger partial charge is 0.478 e. The highest BCUT2D eigenvalue weighted by molar-refractivity contribution is 5.89. The number of fused-ring (bicyclic) bond motifs is 1. The van der Waals surface area contributed by atoms with Crippen LogP contribution in [0.3, 0.4) is 0 Å². The van der Waals surface area contributed by atoms with E-state index in [1.165, 1.54) is 29.1 Å². The summed E-state index contributed by atoms with van der Waals surface area (Å²) in [5, 5.41) is 12.3. The molecule has 0 unspecified atom stereocenters. The summed E-state index contributed by atoms with van der Waals surface area (Å²) < 4.78 is 42.1. The van der Waals surface area contributed by atoms with Crippen LogP contribution in [-0.4, -0.2) is 30.6 Å². The summed E-state index contributed by atoms with van der Waals surface area (Å²) in [6, 6.07) is 13.2. The minimum Gasteiger partial charge on any atom is -0.478 e. The molecule has 5 rings (SSSR count). The van der Waals surface area contributed by atoms with E-state index in [2.05, 4.69) is 20.3 Å². The molecule has 32 heavy (non-hydrogen) atoms. The van der Waals surface area contributed by atoms with Gasteiger partial charge in [0.25, 0.3) is 0 Å². The number of aromatic nitrogens is 4. The lowest BCUT2D eigenvalue weighted by Crippen LogP contribution is -2.13. The summed E-state index contributed by atoms with van der Waals surface area (Å²) in [5.74, 6) is -2.16. The SMILES string of the molecule is O=C(O)c1cccc(-n2cnc3c(Nc4ccccc4C4CC4)nc(C(F)(F)F)nc32)c1. The molecule has 0 radical (unpaired) electrons. The highest BCUT2D eigenvalue weighted by Crippen LogP contribution is 2.44. The quantitative estimate of drug-likeness (QED) is 0.447. The Morgan fingerprint density at radius 2 is 1.88 bits per heavy atom. The van der Waals surface area contributed by atoms with Crippen molar-refractivity contribution < 1.29 is 23.1 Å². The second-order valence-corrected chi connectivity index (χ2v) is 7.52. The van der Waals surface area contributed by atoms with Gasteiger partial charge in [0.15, 0.2) is 17.0 Å². The molecule has 4 aromatic rings. The summed E-state index contributed by atoms with van der Waals surface area (Å²) >= 11 is 0. The molecule has 0 aliphatic heterocycles. The highest BCUT2D eigenvalue weighted by Gasteiger charge is 2.36. The predicted octanol–water partition coefficient (Wildman–Crippen LogP) is 5.15. The Morgan fingerprint density at radius 1 is 1.09 bits per heavy atom. The van der Waals surface area contributed by atoms with Gasteiger partial charge in [0.05, 0.1) is 5.56 Å². The summed E-state index contributed by atoms with van der Waals surface area (Å²) in [7, 11) is 0. The lowest BCUT2D eigenvalue weighted by molar-refractivity contribution is -0.144. The summed E-state index contributed by atoms with van der Waals surface area (Å²) in [4.78, 5) is 23.0. The molecular formula is C22H16F3N5O2. The van der Waals surface area contributed by atoms with Gasteiger partial charge in [-0.3, -0.25) is 4.57 Å². The van der Waals surface area contributed by atoms with Crippen molar-refractivity contribution in [3.63, 3.8) is 0 Å². The molecule has 7 nitrogen and oxygen atoms in total. The number of anilines is 2. The molecule has 0 amide bonds. The lowest BCUT2D eigenvalue weighted by atomic mass is 10.1. The standard InChI is InChI=1S/C22H16F3N5O2/c23-22(24,25)21-28-18(27-16-7-2-1-6-15(16)12-8-9-12)17-19(29-21)30(11-26-17)14-5-3-4-13(10-14)20(31)32/h1-7,10-12H,8-9H2,(H,31,32)(H,27,28,29). The van der Waals surface area contributed by atoms with Crippen LogP contribution in [0.4, 0.5) is 24.7 Å². The van der Waals surface area contributed by atoms with E-state index in [1.807, 2.05) is 12.1 Å². The topological polar surface area (TPSA) is 92.9 Å². The van der Waals surface area contributed by atoms with Crippen molar-refractivity contribution in [1.82, 2.24) is 19.5 Å². The van der Waals surface area contributed by atoms with Crippen LogP contribution in [0.1, 0.15) is 40.5 Å². The maximum atomic E-state index is 13.6. The molecular weight excluding hydrogens is 423 g/mol. The number of carboxylic acid groups (broad SMARTS) is 1. The fourth-order valence-electron chi connectivity index (χ4n) is 3.58. The predicted molar refractivity (Wildman–Crippen MR) is 110 cm³/mol. The van der Waals surface area contributed by atoms with Gasteiger partial charge in [-0.2, -0.15) is 13.2 Å². The second-order valence-electron chi connectivity index (χ2n) is 7.52. The molecule has 162 valence electrons. The number of carboxylic acids is 1. The molecule has 2 aromatic heterocycles. The smallest absolute Gasteiger partial charge is 0.451 e. The average Bonchev–Trinajstić information content (AvgIpc) is 3.52. The third kappa shape index (κ3) is 3.64. The first-order chi connectivity index (χ1) is 15.3. The number of benzene rings is 2. The highest BCUT2D eigenvalue weighted by atomic mass is 19.4. The van der Waals surface area contributed by atoms with E-state index in [4.69, 9.17) is 0 Å². The van der Waals surface area contributed by atoms with Crippen molar-refractivity contribution >= 4 is 28.6 Å². The number of alkyl halides is 3. The Balaban J connectivity index is 1.67. The van der Waals surface area contributed by atoms with E-state index in [-0.39, 0.29) is 22.5 Å². The van der Waals surface area contributed by atoms with Gasteiger partial charge in [-0.1, -0.05) is 24.3 Å². The van der Waals surface area contributed by atoms with E-state index in [0.717, 1.165) is 18.4 Å². The molecule has 0 bridgehead atoms. The van der Waals surface area contributed by atoms with Crippen LogP contribution >= 0.6 is 0 Å². The maximum Gasteiger partial charge on any atom is 0.451 e. The molecule has 0 saturated heterocycles. The van der Waals surface area contributed by atoms with E-state index in [0.29, 0.717) is 17.3 Å². The van der Waals surface area contributed by atoms with Crippen molar-refractivity contribution in [3.05, 3.63) is 71.8 Å². The van der Waals surface area contributed by atoms with E-state index >= 15 is 0 Å². The minimum atomic E-state index is -4.78. The third-order valence-electron chi connectivity index (χ3n) is 5.25. The first-order valence-corrected chi connectivity index (χ1v) is 9.83. The number of nitrogens with one attached hydrogen (secondary N) is 1. The number of nitrogens with zero attached hydrogens (tertiary/aromatic N) is 4. The first-order valence-electron chi connectivity index (χ1n) is 9.83. The molecule has 0 spiro atoms. The zero-order valence-electron chi connectivity index (χ0n) is 16.5. The van der Waals surface area contributed by atoms with Crippen LogP contribution in [-0.2, 0) is 6.18 Å². The molecule has 2 heterocycles. The Labute approximate surface area is 179 Å². The van der Waals surface area contributed by atoms with Gasteiger partial charge < -0.3 is 10.4 Å². The van der Waals surface area contributed by atoms with Gasteiger partial charge in [0.1, 0.15) is 6.33 Å². The molecule has 2 aromatic carbocycles. The molecule has 2 N–H and O–H groups in total. The number of hydrogen-bond acceptors (Lipinski definition) is 5. The zero-order valence-corrected chi connectivity index (χ0v) is 16.5. The van der Waals surface area contributed by atoms with Gasteiger partial charge in [-0.15, -0.1) is 0 Å². The Morgan fingerprint density at radius 3 is 2.59 bits per heavy atom. The number of halogens is 3. The average molecular weight is 439 g/mol. The lowest BCUT2D eigenvalue weighted by Gasteiger charge is -2.13. The van der Waals surface area contributed by atoms with Gasteiger partial charge in [0.2, 0.25) is 5.82 Å². The Kier molecular flexibility index (Phi) is 4.58. The number of imidazole rings is 1. The van der Waals surface area contributed by atoms with Crippen molar-refractivity contribution in [2.45, 2.75) is 24.9 Å². The van der Waals surface area contributed by atoms with E-state index in [9.17, 15) is 23.1 Å². The number of aromatic carboxylic acids is 1. The van der Waals surface area contributed by atoms with Crippen molar-refractivity contribution in [3.8, 4) is 5.69 Å². The maximum absolute atomic E-state index is 13.6. The van der Waals surface area contributed by atoms with Crippen LogP contribution in [0, 0.1) is 0 Å². The monoisotopic (exact) mass is 439 g/mol. The number of para-hydroxylation sites is 1. The third-order valence-corrected chi connectivity index (χ3v) is 5.25. The van der Waals surface area contributed by atoms with Gasteiger partial charge >= 0.3 is 12.1 Å². The Bertz CT molecular complexity index is 1350. The Hall–Kier alpha value is -3.95. The molecule has 0 atom stereocenters. The fourth-order valence-corrected chi connectivity index (χ4v) is 3.58. The van der Waals surface area contributed by atoms with Crippen molar-refractivity contribution in [2.75, 3.05) is 5.32 Å². The summed E-state index contributed by atoms with van der Waals surface area (Å²) in [6.45, 7) is 0.